The molecular weight excluding hydrogens is 494 g/mol. The lowest BCUT2D eigenvalue weighted by molar-refractivity contribution is 0.200. The smallest absolute Gasteiger partial charge is 0.253 e. The van der Waals surface area contributed by atoms with Gasteiger partial charge in [0.05, 0.1) is 13.4 Å². The minimum atomic E-state index is -0.433. The number of ether oxygens (including phenoxy) is 1. The number of H-pyrrole nitrogens is 1. The highest BCUT2D eigenvalue weighted by Gasteiger charge is 2.33. The fraction of sp³-hybridized carbons (Fsp3) is 0.310. The van der Waals surface area contributed by atoms with Crippen LogP contribution in [-0.4, -0.2) is 63.4 Å². The number of methoxy groups -OCH3 is 1. The van der Waals surface area contributed by atoms with Crippen LogP contribution in [0.1, 0.15) is 34.3 Å². The Labute approximate surface area is 225 Å². The number of nitrogens with zero attached hydrogens (tertiary/aromatic N) is 6. The summed E-state index contributed by atoms with van der Waals surface area (Å²) in [7, 11) is 1.68. The summed E-state index contributed by atoms with van der Waals surface area (Å²) in [5.74, 6) is 2.18. The number of aromatic amines is 1. The molecule has 1 aliphatic heterocycles. The van der Waals surface area contributed by atoms with E-state index in [1.54, 1.807) is 18.1 Å². The molecule has 39 heavy (non-hydrogen) atoms. The zero-order valence-corrected chi connectivity index (χ0v) is 22.3. The highest BCUT2D eigenvalue weighted by atomic mass is 16.5. The minimum Gasteiger partial charge on any atom is -0.497 e. The van der Waals surface area contributed by atoms with E-state index in [9.17, 15) is 4.79 Å². The van der Waals surface area contributed by atoms with Crippen molar-refractivity contribution in [3.63, 3.8) is 0 Å². The van der Waals surface area contributed by atoms with Crippen LogP contribution in [-0.2, 0) is 6.54 Å². The maximum Gasteiger partial charge on any atom is 0.253 e. The van der Waals surface area contributed by atoms with Gasteiger partial charge in [-0.2, -0.15) is 0 Å². The number of pyridine rings is 1. The number of hydrogen-bond donors (Lipinski definition) is 1. The molecule has 0 bridgehead atoms. The lowest BCUT2D eigenvalue weighted by atomic mass is 10.00. The normalized spacial score (nSPS) is 15.1. The maximum atomic E-state index is 13.6. The third-order valence-corrected chi connectivity index (χ3v) is 7.57. The Bertz CT molecular complexity index is 1650. The second-order valence-corrected chi connectivity index (χ2v) is 9.98. The minimum absolute atomic E-state index is 0.140. The SMILES string of the molecule is COc1cccc(N2CCN([C@H](c3cc4cc(C)c(C)cc4[nH]c3=O)c3nnnn3Cc3ccco3)CC2)c1. The number of tetrazole rings is 1. The molecule has 0 saturated carbocycles. The number of rotatable bonds is 7. The van der Waals surface area contributed by atoms with E-state index in [2.05, 4.69) is 55.4 Å². The molecule has 1 atom stereocenters. The van der Waals surface area contributed by atoms with Crippen LogP contribution in [0.3, 0.4) is 0 Å². The molecule has 0 amide bonds. The first kappa shape index (κ1) is 24.9. The largest absolute Gasteiger partial charge is 0.497 e. The molecule has 0 spiro atoms. The summed E-state index contributed by atoms with van der Waals surface area (Å²) in [5.41, 5.74) is 4.73. The van der Waals surface area contributed by atoms with Gasteiger partial charge in [-0.3, -0.25) is 9.69 Å². The summed E-state index contributed by atoms with van der Waals surface area (Å²) in [6, 6.07) is 17.5. The van der Waals surface area contributed by atoms with E-state index in [-0.39, 0.29) is 5.56 Å². The fourth-order valence-electron chi connectivity index (χ4n) is 5.31. The molecule has 4 heterocycles. The molecule has 5 aromatic rings. The summed E-state index contributed by atoms with van der Waals surface area (Å²) >= 11 is 0. The molecule has 1 saturated heterocycles. The number of anilines is 1. The van der Waals surface area contributed by atoms with Crippen molar-refractivity contribution in [2.75, 3.05) is 38.2 Å². The lowest BCUT2D eigenvalue weighted by Gasteiger charge is -2.39. The second-order valence-electron chi connectivity index (χ2n) is 9.98. The van der Waals surface area contributed by atoms with Crippen molar-refractivity contribution in [1.82, 2.24) is 30.1 Å². The van der Waals surface area contributed by atoms with Crippen LogP contribution >= 0.6 is 0 Å². The van der Waals surface area contributed by atoms with Gasteiger partial charge in [0.25, 0.3) is 5.56 Å². The second kappa shape index (κ2) is 10.4. The van der Waals surface area contributed by atoms with Crippen molar-refractivity contribution in [2.24, 2.45) is 0 Å². The average molecular weight is 526 g/mol. The van der Waals surface area contributed by atoms with Gasteiger partial charge >= 0.3 is 0 Å². The van der Waals surface area contributed by atoms with Crippen LogP contribution in [0.5, 0.6) is 5.75 Å². The summed E-state index contributed by atoms with van der Waals surface area (Å²) in [5, 5.41) is 13.7. The van der Waals surface area contributed by atoms with E-state index in [0.717, 1.165) is 59.8 Å². The first-order chi connectivity index (χ1) is 19.0. The van der Waals surface area contributed by atoms with Crippen molar-refractivity contribution in [2.45, 2.75) is 26.4 Å². The highest BCUT2D eigenvalue weighted by molar-refractivity contribution is 5.81. The van der Waals surface area contributed by atoms with Crippen LogP contribution in [0.15, 0.2) is 70.1 Å². The zero-order chi connectivity index (χ0) is 26.9. The third-order valence-electron chi connectivity index (χ3n) is 7.57. The molecule has 2 aromatic carbocycles. The number of hydrogen-bond acceptors (Lipinski definition) is 8. The van der Waals surface area contributed by atoms with Crippen molar-refractivity contribution >= 4 is 16.6 Å². The Morgan fingerprint density at radius 1 is 1.03 bits per heavy atom. The number of benzene rings is 2. The summed E-state index contributed by atoms with van der Waals surface area (Å²) in [6.45, 7) is 7.52. The number of aromatic nitrogens is 5. The molecule has 200 valence electrons. The van der Waals surface area contributed by atoms with E-state index in [4.69, 9.17) is 9.15 Å². The third kappa shape index (κ3) is 4.90. The molecule has 1 aliphatic rings. The molecule has 10 heteroatoms. The molecule has 6 rings (SSSR count). The van der Waals surface area contributed by atoms with Crippen LogP contribution in [0.4, 0.5) is 5.69 Å². The standard InChI is InChI=1S/C29H31N7O3/c1-19-14-21-16-25(29(37)30-26(21)15-20(19)2)27(28-31-32-33-36(28)18-24-8-5-13-39-24)35-11-9-34(10-12-35)22-6-4-7-23(17-22)38-3/h4-8,13-17,27H,9-12,18H2,1-3H3,(H,30,37)/t27-/m1/s1. The van der Waals surface area contributed by atoms with Crippen LogP contribution in [0.25, 0.3) is 10.9 Å². The number of piperazine rings is 1. The molecule has 0 unspecified atom stereocenters. The van der Waals surface area contributed by atoms with Gasteiger partial charge < -0.3 is 19.0 Å². The van der Waals surface area contributed by atoms with Crippen molar-refractivity contribution in [3.8, 4) is 5.75 Å². The fourth-order valence-corrected chi connectivity index (χ4v) is 5.31. The van der Waals surface area contributed by atoms with Gasteiger partial charge in [-0.15, -0.1) is 5.10 Å². The molecule has 3 aromatic heterocycles. The predicted molar refractivity (Wildman–Crippen MR) is 148 cm³/mol. The van der Waals surface area contributed by atoms with E-state index in [0.29, 0.717) is 17.9 Å². The number of aryl methyl sites for hydroxylation is 2. The molecule has 1 fully saturated rings. The van der Waals surface area contributed by atoms with E-state index in [1.807, 2.05) is 43.3 Å². The van der Waals surface area contributed by atoms with Crippen molar-refractivity contribution < 1.29 is 9.15 Å². The van der Waals surface area contributed by atoms with Crippen LogP contribution in [0.2, 0.25) is 0 Å². The Hall–Kier alpha value is -4.44. The maximum absolute atomic E-state index is 13.6. The Morgan fingerprint density at radius 2 is 1.85 bits per heavy atom. The summed E-state index contributed by atoms with van der Waals surface area (Å²) in [6.07, 6.45) is 1.63. The number of nitrogens with one attached hydrogen (secondary N) is 1. The number of fused-ring (bicyclic) bond motifs is 1. The van der Waals surface area contributed by atoms with Gasteiger partial charge in [-0.25, -0.2) is 4.68 Å². The Kier molecular flexibility index (Phi) is 6.62. The van der Waals surface area contributed by atoms with Gasteiger partial charge in [0.2, 0.25) is 0 Å². The van der Waals surface area contributed by atoms with Crippen molar-refractivity contribution in [3.05, 3.63) is 99.5 Å². The molecule has 10 nitrogen and oxygen atoms in total. The van der Waals surface area contributed by atoms with Gasteiger partial charge in [-0.1, -0.05) is 6.07 Å². The average Bonchev–Trinajstić information content (AvgIpc) is 3.64. The van der Waals surface area contributed by atoms with Crippen LogP contribution in [0, 0.1) is 13.8 Å². The van der Waals surface area contributed by atoms with Gasteiger partial charge in [0.1, 0.15) is 24.1 Å². The lowest BCUT2D eigenvalue weighted by Crippen LogP contribution is -2.49. The van der Waals surface area contributed by atoms with Gasteiger partial charge in [0, 0.05) is 49.0 Å². The van der Waals surface area contributed by atoms with Crippen LogP contribution < -0.4 is 15.2 Å². The summed E-state index contributed by atoms with van der Waals surface area (Å²) in [4.78, 5) is 21.3. The predicted octanol–water partition coefficient (Wildman–Crippen LogP) is 3.69. The van der Waals surface area contributed by atoms with E-state index in [1.165, 1.54) is 5.56 Å². The molecule has 0 radical (unpaired) electrons. The Morgan fingerprint density at radius 3 is 2.62 bits per heavy atom. The van der Waals surface area contributed by atoms with E-state index >= 15 is 0 Å². The molecule has 0 aliphatic carbocycles. The monoisotopic (exact) mass is 525 g/mol. The highest BCUT2D eigenvalue weighted by Crippen LogP contribution is 2.30. The molecule has 1 N–H and O–H groups in total. The quantitative estimate of drug-likeness (QED) is 0.343. The molecular formula is C29H31N7O3. The van der Waals surface area contributed by atoms with Crippen molar-refractivity contribution in [1.29, 1.82) is 0 Å². The number of furan rings is 1. The topological polar surface area (TPSA) is 105 Å². The Balaban J connectivity index is 1.38. The zero-order valence-electron chi connectivity index (χ0n) is 22.3. The summed E-state index contributed by atoms with van der Waals surface area (Å²) < 4.78 is 12.7. The first-order valence-corrected chi connectivity index (χ1v) is 13.1. The van der Waals surface area contributed by atoms with Gasteiger partial charge in [0.15, 0.2) is 5.82 Å². The van der Waals surface area contributed by atoms with E-state index < -0.39 is 6.04 Å². The first-order valence-electron chi connectivity index (χ1n) is 13.1. The van der Waals surface area contributed by atoms with Gasteiger partial charge in [-0.05, 0) is 83.3 Å².